The summed E-state index contributed by atoms with van der Waals surface area (Å²) >= 11 is 0. The van der Waals surface area contributed by atoms with E-state index in [9.17, 15) is 0 Å². The normalized spacial score (nSPS) is 12.9. The monoisotopic (exact) mass is 147 g/mol. The third-order valence-corrected chi connectivity index (χ3v) is 1.84. The van der Waals surface area contributed by atoms with E-state index in [2.05, 4.69) is 0 Å². The Balaban J connectivity index is 2.64. The van der Waals surface area contributed by atoms with Crippen LogP contribution in [0, 0.1) is 13.8 Å². The van der Waals surface area contributed by atoms with Crippen LogP contribution in [0.15, 0.2) is 12.1 Å². The molecule has 0 spiro atoms. The molecule has 0 aromatic heterocycles. The van der Waals surface area contributed by atoms with E-state index in [1.165, 1.54) is 7.69 Å². The Kier molecular flexibility index (Phi) is 1.31. The number of fused-ring (bicyclic) bond motifs is 1. The lowest BCUT2D eigenvalue weighted by atomic mass is 10.1. The first kappa shape index (κ1) is 6.59. The van der Waals surface area contributed by atoms with Crippen LogP contribution in [0.3, 0.4) is 0 Å². The summed E-state index contributed by atoms with van der Waals surface area (Å²) in [6, 6.07) is 4.05. The van der Waals surface area contributed by atoms with Crippen molar-refractivity contribution >= 4 is 7.69 Å². The summed E-state index contributed by atoms with van der Waals surface area (Å²) in [5, 5.41) is 0. The predicted octanol–water partition coefficient (Wildman–Crippen LogP) is 1.61. The molecule has 1 radical (unpaired) electrons. The molecule has 2 nitrogen and oxygen atoms in total. The summed E-state index contributed by atoms with van der Waals surface area (Å²) in [7, 11) is 1.37. The van der Waals surface area contributed by atoms with Gasteiger partial charge >= 0.3 is 7.69 Å². The molecule has 0 fully saturated rings. The number of hydrogen-bond acceptors (Lipinski definition) is 2. The van der Waals surface area contributed by atoms with E-state index in [1.807, 2.05) is 26.0 Å². The van der Waals surface area contributed by atoms with Crippen molar-refractivity contribution in [1.82, 2.24) is 0 Å². The standard InChI is InChI=1S/C8H8BO2/c1-5-3-4-6(2)8-7(5)10-9-11-8/h3-4H,1-2H3. The van der Waals surface area contributed by atoms with Crippen LogP contribution in [0.1, 0.15) is 11.1 Å². The lowest BCUT2D eigenvalue weighted by Crippen LogP contribution is -2.00. The first-order valence-corrected chi connectivity index (χ1v) is 3.54. The van der Waals surface area contributed by atoms with Gasteiger partial charge in [-0.3, -0.25) is 0 Å². The second kappa shape index (κ2) is 2.19. The van der Waals surface area contributed by atoms with Crippen LogP contribution >= 0.6 is 0 Å². The van der Waals surface area contributed by atoms with E-state index >= 15 is 0 Å². The van der Waals surface area contributed by atoms with Gasteiger partial charge in [0.05, 0.1) is 0 Å². The van der Waals surface area contributed by atoms with Crippen molar-refractivity contribution in [3.05, 3.63) is 23.3 Å². The maximum Gasteiger partial charge on any atom is 0.658 e. The lowest BCUT2D eigenvalue weighted by molar-refractivity contribution is 0.539. The van der Waals surface area contributed by atoms with E-state index in [0.717, 1.165) is 22.6 Å². The molecule has 0 N–H and O–H groups in total. The number of aryl methyl sites for hydroxylation is 2. The van der Waals surface area contributed by atoms with Crippen LogP contribution in [-0.2, 0) is 0 Å². The zero-order chi connectivity index (χ0) is 7.84. The van der Waals surface area contributed by atoms with E-state index in [0.29, 0.717) is 0 Å². The van der Waals surface area contributed by atoms with Crippen molar-refractivity contribution in [2.24, 2.45) is 0 Å². The SMILES string of the molecule is Cc1ccc(C)c2c1O[B]O2. The smallest absolute Gasteiger partial charge is 0.523 e. The van der Waals surface area contributed by atoms with Gasteiger partial charge in [-0.05, 0) is 25.0 Å². The van der Waals surface area contributed by atoms with Crippen molar-refractivity contribution in [2.75, 3.05) is 0 Å². The lowest BCUT2D eigenvalue weighted by Gasteiger charge is -2.03. The van der Waals surface area contributed by atoms with Gasteiger partial charge in [-0.2, -0.15) is 0 Å². The molecule has 11 heavy (non-hydrogen) atoms. The fourth-order valence-corrected chi connectivity index (χ4v) is 1.17. The molecule has 0 aliphatic carbocycles. The largest absolute Gasteiger partial charge is 0.658 e. The van der Waals surface area contributed by atoms with Crippen LogP contribution in [0.5, 0.6) is 11.5 Å². The molecular formula is C8H8BO2. The van der Waals surface area contributed by atoms with Crippen molar-refractivity contribution < 1.29 is 9.31 Å². The maximum atomic E-state index is 5.16. The molecule has 1 aromatic carbocycles. The van der Waals surface area contributed by atoms with Crippen molar-refractivity contribution in [3.63, 3.8) is 0 Å². The highest BCUT2D eigenvalue weighted by molar-refractivity contribution is 6.23. The molecule has 1 heterocycles. The summed E-state index contributed by atoms with van der Waals surface area (Å²) in [4.78, 5) is 0. The Morgan fingerprint density at radius 1 is 1.00 bits per heavy atom. The second-order valence-electron chi connectivity index (χ2n) is 2.69. The van der Waals surface area contributed by atoms with Crippen LogP contribution in [-0.4, -0.2) is 7.69 Å². The molecule has 0 bridgehead atoms. The molecule has 0 saturated heterocycles. The zero-order valence-corrected chi connectivity index (χ0v) is 6.55. The van der Waals surface area contributed by atoms with E-state index in [-0.39, 0.29) is 0 Å². The second-order valence-corrected chi connectivity index (χ2v) is 2.69. The van der Waals surface area contributed by atoms with Gasteiger partial charge in [0.1, 0.15) is 11.5 Å². The molecule has 0 unspecified atom stereocenters. The van der Waals surface area contributed by atoms with Crippen LogP contribution < -0.4 is 9.31 Å². The molecular weight excluding hydrogens is 139 g/mol. The molecule has 0 saturated carbocycles. The van der Waals surface area contributed by atoms with Crippen LogP contribution in [0.4, 0.5) is 0 Å². The van der Waals surface area contributed by atoms with Gasteiger partial charge in [-0.15, -0.1) is 0 Å². The van der Waals surface area contributed by atoms with E-state index in [1.54, 1.807) is 0 Å². The third-order valence-electron chi connectivity index (χ3n) is 1.84. The minimum absolute atomic E-state index is 0.852. The Morgan fingerprint density at radius 2 is 1.45 bits per heavy atom. The first-order valence-electron chi connectivity index (χ1n) is 3.54. The minimum atomic E-state index is 0.852. The third kappa shape index (κ3) is 0.879. The van der Waals surface area contributed by atoms with Crippen LogP contribution in [0.2, 0.25) is 0 Å². The molecule has 0 atom stereocenters. The van der Waals surface area contributed by atoms with Gasteiger partial charge in [0.25, 0.3) is 0 Å². The summed E-state index contributed by atoms with van der Waals surface area (Å²) < 4.78 is 10.3. The molecule has 2 rings (SSSR count). The first-order chi connectivity index (χ1) is 5.29. The Bertz CT molecular complexity index is 267. The van der Waals surface area contributed by atoms with E-state index in [4.69, 9.17) is 9.31 Å². The van der Waals surface area contributed by atoms with Gasteiger partial charge < -0.3 is 9.31 Å². The highest BCUT2D eigenvalue weighted by Gasteiger charge is 2.20. The highest BCUT2D eigenvalue weighted by atomic mass is 16.6. The quantitative estimate of drug-likeness (QED) is 0.519. The average molecular weight is 147 g/mol. The number of hydrogen-bond donors (Lipinski definition) is 0. The Morgan fingerprint density at radius 3 is 1.91 bits per heavy atom. The van der Waals surface area contributed by atoms with Gasteiger partial charge in [0.2, 0.25) is 0 Å². The summed E-state index contributed by atoms with van der Waals surface area (Å²) in [6.07, 6.45) is 0. The molecule has 3 heteroatoms. The number of rotatable bonds is 0. The summed E-state index contributed by atoms with van der Waals surface area (Å²) in [6.45, 7) is 4.00. The van der Waals surface area contributed by atoms with Gasteiger partial charge in [-0.1, -0.05) is 12.1 Å². The topological polar surface area (TPSA) is 18.5 Å². The fraction of sp³-hybridized carbons (Fsp3) is 0.250. The van der Waals surface area contributed by atoms with Crippen molar-refractivity contribution in [3.8, 4) is 11.5 Å². The average Bonchev–Trinajstić information content (AvgIpc) is 2.45. The maximum absolute atomic E-state index is 5.16. The van der Waals surface area contributed by atoms with Gasteiger partial charge in [0, 0.05) is 0 Å². The minimum Gasteiger partial charge on any atom is -0.523 e. The Hall–Kier alpha value is -1.12. The molecule has 0 amide bonds. The molecule has 1 aromatic rings. The highest BCUT2D eigenvalue weighted by Crippen LogP contribution is 2.37. The number of benzene rings is 1. The zero-order valence-electron chi connectivity index (χ0n) is 6.55. The molecule has 1 aliphatic rings. The van der Waals surface area contributed by atoms with Crippen molar-refractivity contribution in [2.45, 2.75) is 13.8 Å². The summed E-state index contributed by atoms with van der Waals surface area (Å²) in [5.41, 5.74) is 2.22. The molecule has 55 valence electrons. The van der Waals surface area contributed by atoms with E-state index < -0.39 is 0 Å². The van der Waals surface area contributed by atoms with Crippen molar-refractivity contribution in [1.29, 1.82) is 0 Å². The Labute approximate surface area is 66.4 Å². The van der Waals surface area contributed by atoms with Gasteiger partial charge in [0.15, 0.2) is 0 Å². The predicted molar refractivity (Wildman–Crippen MR) is 42.9 cm³/mol. The molecule has 1 aliphatic heterocycles. The summed E-state index contributed by atoms with van der Waals surface area (Å²) in [5.74, 6) is 1.70. The van der Waals surface area contributed by atoms with Gasteiger partial charge in [-0.25, -0.2) is 0 Å². The fourth-order valence-electron chi connectivity index (χ4n) is 1.17. The van der Waals surface area contributed by atoms with Crippen LogP contribution in [0.25, 0.3) is 0 Å².